The van der Waals surface area contributed by atoms with Gasteiger partial charge in [0.2, 0.25) is 0 Å². The Labute approximate surface area is 29.4 Å². The van der Waals surface area contributed by atoms with Crippen molar-refractivity contribution in [2.75, 3.05) is 6.26 Å². The lowest BCUT2D eigenvalue weighted by atomic mass is 12.0. The van der Waals surface area contributed by atoms with Crippen LogP contribution >= 0.6 is 8.02 Å². The molecule has 0 heterocycles. The van der Waals surface area contributed by atoms with E-state index < -0.39 is 9.70 Å². The highest BCUT2D eigenvalue weighted by atomic mass is 32.5. The highest BCUT2D eigenvalue weighted by Gasteiger charge is 1.33. The third-order valence-corrected chi connectivity index (χ3v) is 0. The zero-order valence-corrected chi connectivity index (χ0v) is 4.17. The van der Waals surface area contributed by atoms with Crippen molar-refractivity contribution in [3.8, 4) is 0 Å². The average molecular weight is 93.1 g/mol. The summed E-state index contributed by atoms with van der Waals surface area (Å²) in [6, 6.07) is 0. The van der Waals surface area contributed by atoms with Gasteiger partial charge in [-0.15, -0.1) is 0 Å². The minimum Gasteiger partial charge on any atom is -0.186 e. The highest BCUT2D eigenvalue weighted by molar-refractivity contribution is 8.05. The summed E-state index contributed by atoms with van der Waals surface area (Å²) in [6.45, 7) is 0. The molecule has 0 spiro atoms. The van der Waals surface area contributed by atoms with Crippen molar-refractivity contribution in [1.82, 2.24) is 0 Å². The number of hydrogen-bond acceptors (Lipinski definition) is 1. The summed E-state index contributed by atoms with van der Waals surface area (Å²) in [6.07, 6.45) is 1.66. The molecule has 0 bridgehead atoms. The van der Waals surface area contributed by atoms with E-state index in [1.165, 1.54) is 0 Å². The maximum Gasteiger partial charge on any atom is 0.0240 e. The molecule has 0 amide bonds. The van der Waals surface area contributed by atoms with Gasteiger partial charge in [0.05, 0.1) is 0 Å². The molecule has 0 fully saturated rings. The second-order valence-corrected chi connectivity index (χ2v) is 3.21. The Kier molecular flexibility index (Phi) is 1.63. The molecule has 0 aromatic heterocycles. The number of hydrogen-bond donors (Lipinski definition) is 0. The summed E-state index contributed by atoms with van der Waals surface area (Å²) < 4.78 is 8.00. The van der Waals surface area contributed by atoms with Gasteiger partial charge in [-0.2, -0.15) is 4.61 Å². The first kappa shape index (κ1) is 4.23. The van der Waals surface area contributed by atoms with Crippen molar-refractivity contribution in [1.29, 1.82) is 4.61 Å². The SMILES string of the molecule is CS(#N)=P. The molecule has 4 heavy (non-hydrogen) atoms. The van der Waals surface area contributed by atoms with Gasteiger partial charge in [-0.1, -0.05) is 0 Å². The number of nitrogens with zero attached hydrogens (tertiary/aromatic N) is 1. The second kappa shape index (κ2) is 1.54. The molecule has 0 saturated carbocycles. The van der Waals surface area contributed by atoms with Gasteiger partial charge in [0.1, 0.15) is 0 Å². The molecule has 0 N–H and O–H groups in total. The summed E-state index contributed by atoms with van der Waals surface area (Å²) in [5.41, 5.74) is 0. The summed E-state index contributed by atoms with van der Waals surface area (Å²) in [4.78, 5) is 0. The molecule has 0 aliphatic heterocycles. The zero-order chi connectivity index (χ0) is 3.58. The Morgan fingerprint density at radius 3 is 2.00 bits per heavy atom. The molecule has 3 heteroatoms. The van der Waals surface area contributed by atoms with Crippen molar-refractivity contribution in [2.24, 2.45) is 0 Å². The minimum absolute atomic E-state index is 0.556. The molecular formula is CH4NPS. The van der Waals surface area contributed by atoms with E-state index in [1.54, 1.807) is 6.26 Å². The van der Waals surface area contributed by atoms with Gasteiger partial charge < -0.3 is 0 Å². The van der Waals surface area contributed by atoms with Crippen LogP contribution in [0.4, 0.5) is 0 Å². The van der Waals surface area contributed by atoms with Crippen LogP contribution < -0.4 is 0 Å². The van der Waals surface area contributed by atoms with Crippen molar-refractivity contribution in [3.63, 3.8) is 0 Å². The van der Waals surface area contributed by atoms with E-state index in [2.05, 4.69) is 8.02 Å². The van der Waals surface area contributed by atoms with E-state index in [0.717, 1.165) is 0 Å². The van der Waals surface area contributed by atoms with Gasteiger partial charge in [-0.05, 0) is 17.7 Å². The fourth-order valence-electron chi connectivity index (χ4n) is 0. The molecule has 0 rings (SSSR count). The van der Waals surface area contributed by atoms with Crippen LogP contribution in [-0.4, -0.2) is 6.26 Å². The molecule has 24 valence electrons. The van der Waals surface area contributed by atoms with E-state index in [4.69, 9.17) is 4.61 Å². The fraction of sp³-hybridized carbons (Fsp3) is 1.00. The maximum absolute atomic E-state index is 8.00. The van der Waals surface area contributed by atoms with E-state index in [1.807, 2.05) is 0 Å². The van der Waals surface area contributed by atoms with E-state index in [0.29, 0.717) is 0 Å². The van der Waals surface area contributed by atoms with Crippen molar-refractivity contribution in [2.45, 2.75) is 0 Å². The monoisotopic (exact) mass is 93.0 g/mol. The van der Waals surface area contributed by atoms with Crippen LogP contribution in [-0.2, 0) is 9.70 Å². The summed E-state index contributed by atoms with van der Waals surface area (Å²) in [5.74, 6) is 0. The van der Waals surface area contributed by atoms with E-state index in [9.17, 15) is 0 Å². The van der Waals surface area contributed by atoms with Gasteiger partial charge in [0.25, 0.3) is 0 Å². The lowest BCUT2D eigenvalue weighted by molar-refractivity contribution is 1.65. The molecule has 0 aliphatic rings. The third kappa shape index (κ3) is 63.8. The van der Waals surface area contributed by atoms with Crippen LogP contribution in [0.15, 0.2) is 0 Å². The third-order valence-electron chi connectivity index (χ3n) is 0. The van der Waals surface area contributed by atoms with Crippen LogP contribution in [0, 0.1) is 4.61 Å². The van der Waals surface area contributed by atoms with Gasteiger partial charge in [-0.3, -0.25) is 0 Å². The molecule has 0 aliphatic carbocycles. The minimum atomic E-state index is -0.556. The topological polar surface area (TPSA) is 23.8 Å². The van der Waals surface area contributed by atoms with E-state index in [-0.39, 0.29) is 0 Å². The van der Waals surface area contributed by atoms with Crippen LogP contribution in [0.3, 0.4) is 0 Å². The summed E-state index contributed by atoms with van der Waals surface area (Å²) in [5, 5.41) is 0. The van der Waals surface area contributed by atoms with Gasteiger partial charge in [-0.25, -0.2) is 0 Å². The Morgan fingerprint density at radius 2 is 2.00 bits per heavy atom. The first-order chi connectivity index (χ1) is 1.73. The molecule has 1 nitrogen and oxygen atoms in total. The van der Waals surface area contributed by atoms with Crippen molar-refractivity contribution >= 4 is 17.7 Å². The highest BCUT2D eigenvalue weighted by Crippen LogP contribution is 1.54. The van der Waals surface area contributed by atoms with Crippen LogP contribution in [0.1, 0.15) is 0 Å². The smallest absolute Gasteiger partial charge is 0.0240 e. The Balaban J connectivity index is 3.85. The first-order valence-electron chi connectivity index (χ1n) is 0.795. The van der Waals surface area contributed by atoms with Crippen LogP contribution in [0.25, 0.3) is 0 Å². The Bertz CT molecular complexity index is 98.2. The largest absolute Gasteiger partial charge is 0.186 e. The quantitative estimate of drug-likeness (QED) is 0.406. The molecular weight excluding hydrogens is 89.1 g/mol. The molecule has 0 atom stereocenters. The molecule has 0 radical (unpaired) electrons. The first-order valence-corrected chi connectivity index (χ1v) is 3.61. The van der Waals surface area contributed by atoms with Crippen LogP contribution in [0.2, 0.25) is 0 Å². The van der Waals surface area contributed by atoms with E-state index >= 15 is 0 Å². The van der Waals surface area contributed by atoms with Crippen molar-refractivity contribution in [3.05, 3.63) is 0 Å². The molecule has 0 aromatic carbocycles. The Morgan fingerprint density at radius 1 is 2.00 bits per heavy atom. The maximum atomic E-state index is 8.00. The van der Waals surface area contributed by atoms with Gasteiger partial charge >= 0.3 is 0 Å². The van der Waals surface area contributed by atoms with Crippen LogP contribution in [0.5, 0.6) is 0 Å². The lowest BCUT2D eigenvalue weighted by Crippen LogP contribution is -1.35. The predicted octanol–water partition coefficient (Wildman–Crippen LogP) is 0.772. The molecule has 0 aromatic rings. The standard InChI is InChI=1S/CH4NPS/c1-4(2)3/h3H,1H3. The summed E-state index contributed by atoms with van der Waals surface area (Å²) >= 11 is 0. The second-order valence-electron chi connectivity index (χ2n) is 0.478. The van der Waals surface area contributed by atoms with Gasteiger partial charge in [0.15, 0.2) is 0 Å². The number of rotatable bonds is 0. The van der Waals surface area contributed by atoms with Crippen molar-refractivity contribution < 1.29 is 0 Å². The zero-order valence-electron chi connectivity index (χ0n) is 2.36. The predicted molar refractivity (Wildman–Crippen MR) is 23.3 cm³/mol. The lowest BCUT2D eigenvalue weighted by Gasteiger charge is -1.39. The normalized spacial score (nSPS) is 6.00. The molecule has 0 unspecified atom stereocenters. The Hall–Kier alpha value is 0.230. The summed E-state index contributed by atoms with van der Waals surface area (Å²) in [7, 11) is 2.34. The average Bonchev–Trinajstić information content (AvgIpc) is 0.811. The fourth-order valence-corrected chi connectivity index (χ4v) is 0. The van der Waals surface area contributed by atoms with Gasteiger partial charge in [0, 0.05) is 6.26 Å². The molecule has 0 saturated heterocycles.